The van der Waals surface area contributed by atoms with Gasteiger partial charge in [-0.1, -0.05) is 5.92 Å². The summed E-state index contributed by atoms with van der Waals surface area (Å²) >= 11 is 0. The number of amides is 1. The van der Waals surface area contributed by atoms with Gasteiger partial charge in [0.05, 0.1) is 19.5 Å². The van der Waals surface area contributed by atoms with E-state index < -0.39 is 37.1 Å². The van der Waals surface area contributed by atoms with E-state index in [1.54, 1.807) is 0 Å². The summed E-state index contributed by atoms with van der Waals surface area (Å²) in [5.74, 6) is 4.47. The molecule has 4 atom stereocenters. The van der Waals surface area contributed by atoms with Crippen molar-refractivity contribution in [1.82, 2.24) is 9.55 Å². The molecule has 0 saturated carbocycles. The van der Waals surface area contributed by atoms with Crippen LogP contribution in [0.3, 0.4) is 0 Å². The zero-order valence-electron chi connectivity index (χ0n) is 11.6. The first-order valence-electron chi connectivity index (χ1n) is 6.60. The number of carbonyl (C=O) groups excluding carboxylic acids is 1. The lowest BCUT2D eigenvalue weighted by atomic mass is 10.1. The molecule has 6 N–H and O–H groups in total. The highest BCUT2D eigenvalue weighted by atomic mass is 16.6. The molecule has 0 bridgehead atoms. The Balaban J connectivity index is 2.39. The van der Waals surface area contributed by atoms with Gasteiger partial charge in [-0.15, -0.1) is 0 Å². The average molecular weight is 311 g/mol. The Kier molecular flexibility index (Phi) is 5.12. The highest BCUT2D eigenvalue weighted by Crippen LogP contribution is 2.30. The van der Waals surface area contributed by atoms with Crippen LogP contribution in [0.25, 0.3) is 0 Å². The number of ether oxygens (including phenoxy) is 1. The van der Waals surface area contributed by atoms with Crippen LogP contribution in [0.5, 0.6) is 0 Å². The molecule has 22 heavy (non-hydrogen) atoms. The normalized spacial score (nSPS) is 27.5. The number of hydrogen-bond acceptors (Lipinski definition) is 7. The fourth-order valence-corrected chi connectivity index (χ4v) is 2.17. The number of rotatable bonds is 4. The second-order valence-electron chi connectivity index (χ2n) is 4.72. The van der Waals surface area contributed by atoms with Crippen LogP contribution in [-0.2, 0) is 4.74 Å². The Morgan fingerprint density at radius 3 is 2.68 bits per heavy atom. The van der Waals surface area contributed by atoms with E-state index in [2.05, 4.69) is 16.8 Å². The quantitative estimate of drug-likeness (QED) is 0.380. The van der Waals surface area contributed by atoms with Gasteiger partial charge in [-0.3, -0.25) is 9.36 Å². The topological polar surface area (TPSA) is 151 Å². The van der Waals surface area contributed by atoms with Crippen LogP contribution in [0.4, 0.5) is 0 Å². The van der Waals surface area contributed by atoms with Crippen LogP contribution < -0.4 is 5.73 Å². The molecule has 0 aliphatic carbocycles. The molecule has 0 spiro atoms. The Hall–Kier alpha value is -1.96. The lowest BCUT2D eigenvalue weighted by molar-refractivity contribution is -0.0531. The summed E-state index contributed by atoms with van der Waals surface area (Å²) in [7, 11) is 0. The van der Waals surface area contributed by atoms with Crippen LogP contribution in [-0.4, -0.2) is 67.4 Å². The number of aliphatic hydroxyl groups excluding tert-OH is 4. The molecule has 2 heterocycles. The summed E-state index contributed by atoms with van der Waals surface area (Å²) in [5.41, 5.74) is 5.22. The average Bonchev–Trinajstić information content (AvgIpc) is 3.02. The third-order valence-electron chi connectivity index (χ3n) is 3.26. The van der Waals surface area contributed by atoms with E-state index in [1.165, 1.54) is 10.9 Å². The van der Waals surface area contributed by atoms with Gasteiger partial charge in [0.2, 0.25) is 0 Å². The highest BCUT2D eigenvalue weighted by molar-refractivity contribution is 5.93. The first kappa shape index (κ1) is 16.4. The Morgan fingerprint density at radius 1 is 1.41 bits per heavy atom. The molecule has 1 fully saturated rings. The van der Waals surface area contributed by atoms with Crippen molar-refractivity contribution in [2.75, 3.05) is 13.2 Å². The molecule has 1 aliphatic heterocycles. The van der Waals surface area contributed by atoms with Crippen LogP contribution >= 0.6 is 0 Å². The second kappa shape index (κ2) is 6.87. The molecule has 1 aromatic rings. The molecular weight excluding hydrogens is 294 g/mol. The van der Waals surface area contributed by atoms with Gasteiger partial charge in [-0.25, -0.2) is 4.98 Å². The van der Waals surface area contributed by atoms with E-state index in [4.69, 9.17) is 20.7 Å². The number of aliphatic hydroxyl groups is 4. The van der Waals surface area contributed by atoms with E-state index >= 15 is 0 Å². The summed E-state index contributed by atoms with van der Waals surface area (Å²) in [6.07, 6.45) is -3.25. The van der Waals surface area contributed by atoms with Crippen molar-refractivity contribution in [2.24, 2.45) is 5.73 Å². The van der Waals surface area contributed by atoms with Crippen molar-refractivity contribution in [3.05, 3.63) is 17.7 Å². The summed E-state index contributed by atoms with van der Waals surface area (Å²) < 4.78 is 6.64. The van der Waals surface area contributed by atoms with Crippen molar-refractivity contribution in [3.8, 4) is 11.8 Å². The van der Waals surface area contributed by atoms with Gasteiger partial charge >= 0.3 is 0 Å². The number of carbonyl (C=O) groups is 1. The molecule has 9 nitrogen and oxygen atoms in total. The summed E-state index contributed by atoms with van der Waals surface area (Å²) in [5, 5.41) is 37.7. The smallest absolute Gasteiger partial charge is 0.270 e. The molecule has 120 valence electrons. The maximum atomic E-state index is 11.4. The van der Waals surface area contributed by atoms with Gasteiger partial charge in [0, 0.05) is 6.42 Å². The van der Waals surface area contributed by atoms with E-state index in [-0.39, 0.29) is 24.4 Å². The van der Waals surface area contributed by atoms with Gasteiger partial charge in [0.1, 0.15) is 24.0 Å². The molecule has 0 radical (unpaired) electrons. The largest absolute Gasteiger partial charge is 0.395 e. The zero-order valence-corrected chi connectivity index (χ0v) is 11.6. The van der Waals surface area contributed by atoms with Crippen LogP contribution in [0, 0.1) is 11.8 Å². The van der Waals surface area contributed by atoms with E-state index in [9.17, 15) is 15.0 Å². The minimum atomic E-state index is -1.33. The van der Waals surface area contributed by atoms with Crippen molar-refractivity contribution < 1.29 is 30.0 Å². The van der Waals surface area contributed by atoms with Crippen molar-refractivity contribution in [3.63, 3.8) is 0 Å². The predicted molar refractivity (Wildman–Crippen MR) is 72.3 cm³/mol. The van der Waals surface area contributed by atoms with Crippen molar-refractivity contribution >= 4 is 5.91 Å². The number of nitrogens with zero attached hydrogens (tertiary/aromatic N) is 2. The van der Waals surface area contributed by atoms with Gasteiger partial charge in [0.15, 0.2) is 11.9 Å². The fourth-order valence-electron chi connectivity index (χ4n) is 2.17. The Bertz CT molecular complexity index is 605. The lowest BCUT2D eigenvalue weighted by Gasteiger charge is -2.17. The molecule has 1 aromatic heterocycles. The Labute approximate surface area is 126 Å². The van der Waals surface area contributed by atoms with Gasteiger partial charge in [-0.2, -0.15) is 0 Å². The summed E-state index contributed by atoms with van der Waals surface area (Å²) in [4.78, 5) is 15.2. The standard InChI is InChI=1S/C13H17N3O6/c14-12(21)9-7(3-1-2-4-17)16(6-15-9)13-11(20)10(19)8(5-18)22-13/h6,8,10-11,13,17-20H,2,4-5H2,(H2,14,21)/t8-,10-,11-,13?/m1/s1. The number of hydrogen-bond donors (Lipinski definition) is 5. The molecular formula is C13H17N3O6. The maximum Gasteiger partial charge on any atom is 0.270 e. The first-order chi connectivity index (χ1) is 10.5. The summed E-state index contributed by atoms with van der Waals surface area (Å²) in [6.45, 7) is -0.626. The molecule has 1 saturated heterocycles. The zero-order chi connectivity index (χ0) is 16.3. The molecule has 2 rings (SSSR count). The van der Waals surface area contributed by atoms with Crippen LogP contribution in [0.1, 0.15) is 28.8 Å². The van der Waals surface area contributed by atoms with Crippen LogP contribution in [0.2, 0.25) is 0 Å². The number of imidazole rings is 1. The van der Waals surface area contributed by atoms with Crippen molar-refractivity contribution in [1.29, 1.82) is 0 Å². The lowest BCUT2D eigenvalue weighted by Crippen LogP contribution is -2.33. The Morgan fingerprint density at radius 2 is 2.14 bits per heavy atom. The highest BCUT2D eigenvalue weighted by Gasteiger charge is 2.44. The summed E-state index contributed by atoms with van der Waals surface area (Å²) in [6, 6.07) is 0. The third kappa shape index (κ3) is 2.96. The number of primary amides is 1. The molecule has 0 aromatic carbocycles. The van der Waals surface area contributed by atoms with Gasteiger partial charge < -0.3 is 30.9 Å². The van der Waals surface area contributed by atoms with Gasteiger partial charge in [0.25, 0.3) is 5.91 Å². The molecule has 1 amide bonds. The minimum absolute atomic E-state index is 0.107. The first-order valence-corrected chi connectivity index (χ1v) is 6.60. The molecule has 1 aliphatic rings. The fraction of sp³-hybridized carbons (Fsp3) is 0.538. The number of aromatic nitrogens is 2. The monoisotopic (exact) mass is 311 g/mol. The third-order valence-corrected chi connectivity index (χ3v) is 3.26. The second-order valence-corrected chi connectivity index (χ2v) is 4.72. The molecule has 1 unspecified atom stereocenters. The minimum Gasteiger partial charge on any atom is -0.395 e. The van der Waals surface area contributed by atoms with E-state index in [0.29, 0.717) is 0 Å². The maximum absolute atomic E-state index is 11.4. The van der Waals surface area contributed by atoms with E-state index in [1.807, 2.05) is 0 Å². The van der Waals surface area contributed by atoms with Crippen molar-refractivity contribution in [2.45, 2.75) is 31.0 Å². The van der Waals surface area contributed by atoms with E-state index in [0.717, 1.165) is 0 Å². The SMILES string of the molecule is NC(=O)c1ncn(C2O[C@H](CO)[C@@H](O)[C@H]2O)c1C#CCCO. The number of nitrogens with two attached hydrogens (primary N) is 1. The predicted octanol–water partition coefficient (Wildman–Crippen LogP) is -2.67. The molecule has 9 heteroatoms. The van der Waals surface area contributed by atoms with Gasteiger partial charge in [-0.05, 0) is 5.92 Å². The van der Waals surface area contributed by atoms with Crippen LogP contribution in [0.15, 0.2) is 6.33 Å².